The van der Waals surface area contributed by atoms with Gasteiger partial charge < -0.3 is 0 Å². The maximum Gasteiger partial charge on any atom is -0.175 e. The first-order valence-corrected chi connectivity index (χ1v) is 1.25. The standard InChI is InChI=1S/C5/c1-2-4-5-3-1/q-1. The van der Waals surface area contributed by atoms with Gasteiger partial charge >= 0.3 is 0 Å². The highest BCUT2D eigenvalue weighted by atomic mass is 13.8. The molecule has 21 valence electrons. The van der Waals surface area contributed by atoms with Crippen molar-refractivity contribution in [3.05, 3.63) is 30.7 Å². The van der Waals surface area contributed by atoms with Gasteiger partial charge in [-0.15, -0.1) is 0 Å². The molecule has 0 aliphatic heterocycles. The zero-order valence-corrected chi connectivity index (χ0v) is 2.50. The maximum atomic E-state index is 2.50. The fourth-order valence-electron chi connectivity index (χ4n) is 0.156. The van der Waals surface area contributed by atoms with E-state index in [9.17, 15) is 0 Å². The first-order valence-electron chi connectivity index (χ1n) is 1.25. The quantitative estimate of drug-likeness (QED) is 0.355. The van der Waals surface area contributed by atoms with Crippen LogP contribution in [0, 0.1) is 30.7 Å². The van der Waals surface area contributed by atoms with Crippen LogP contribution in [0.2, 0.25) is 0 Å². The van der Waals surface area contributed by atoms with Crippen molar-refractivity contribution in [3.63, 3.8) is 0 Å². The number of hydrogen-bond acceptors (Lipinski definition) is 0. The largest absolute Gasteiger partial charge is 0.238 e. The number of hydrogen-bond donors (Lipinski definition) is 0. The molecule has 1 rings (SSSR count). The second-order valence-electron chi connectivity index (χ2n) is 0.625. The molecule has 0 aromatic heterocycles. The molecular formula is C5-. The molecule has 0 amide bonds. The summed E-state index contributed by atoms with van der Waals surface area (Å²) in [6.07, 6.45) is 12.5. The van der Waals surface area contributed by atoms with Crippen molar-refractivity contribution in [2.24, 2.45) is 0 Å². The Morgan fingerprint density at radius 2 is 1.60 bits per heavy atom. The van der Waals surface area contributed by atoms with Crippen LogP contribution in [0.1, 0.15) is 0 Å². The van der Waals surface area contributed by atoms with E-state index in [-0.39, 0.29) is 0 Å². The molecule has 0 N–H and O–H groups in total. The van der Waals surface area contributed by atoms with Gasteiger partial charge in [-0.1, -0.05) is 0 Å². The Balaban J connectivity index is 2.61. The average Bonchev–Trinajstić information content (AvgIpc) is 1.76. The van der Waals surface area contributed by atoms with Gasteiger partial charge in [0.1, 0.15) is 0 Å². The van der Waals surface area contributed by atoms with Crippen LogP contribution in [0.4, 0.5) is 0 Å². The molecular weight excluding hydrogens is 60.1 g/mol. The molecule has 0 fully saturated rings. The molecule has 1 aliphatic rings. The van der Waals surface area contributed by atoms with E-state index in [0.29, 0.717) is 0 Å². The Hall–Kier alpha value is -0.650. The van der Waals surface area contributed by atoms with E-state index in [1.54, 1.807) is 0 Å². The highest BCUT2D eigenvalue weighted by Gasteiger charge is 1.58. The van der Waals surface area contributed by atoms with E-state index in [4.69, 9.17) is 0 Å². The van der Waals surface area contributed by atoms with Gasteiger partial charge in [0.25, 0.3) is 0 Å². The summed E-state index contributed by atoms with van der Waals surface area (Å²) >= 11 is 0. The van der Waals surface area contributed by atoms with Gasteiger partial charge in [0.15, 0.2) is 0 Å². The molecule has 1 aliphatic carbocycles. The van der Waals surface area contributed by atoms with Crippen molar-refractivity contribution in [1.82, 2.24) is 0 Å². The lowest BCUT2D eigenvalue weighted by Gasteiger charge is -1.69. The van der Waals surface area contributed by atoms with Crippen molar-refractivity contribution in [3.8, 4) is 0 Å². The Labute approximate surface area is 31.8 Å². The molecule has 5 heavy (non-hydrogen) atoms. The Kier molecular flexibility index (Phi) is 0.504. The van der Waals surface area contributed by atoms with Gasteiger partial charge in [-0.05, 0) is 0 Å². The zero-order valence-electron chi connectivity index (χ0n) is 2.50. The normalized spacial score (nSPS) is 16.0. The fraction of sp³-hybridized carbons (Fsp3) is 0. The third kappa shape index (κ3) is 0.323. The molecule has 0 aromatic rings. The van der Waals surface area contributed by atoms with E-state index in [2.05, 4.69) is 30.7 Å². The van der Waals surface area contributed by atoms with Crippen molar-refractivity contribution >= 4 is 0 Å². The van der Waals surface area contributed by atoms with Gasteiger partial charge in [-0.2, -0.15) is 18.6 Å². The summed E-state index contributed by atoms with van der Waals surface area (Å²) < 4.78 is 0. The maximum absolute atomic E-state index is 2.50. The van der Waals surface area contributed by atoms with Crippen LogP contribution in [0.3, 0.4) is 0 Å². The molecule has 0 saturated carbocycles. The lowest BCUT2D eigenvalue weighted by atomic mass is 10.5. The third-order valence-corrected chi connectivity index (χ3v) is 0.312. The van der Waals surface area contributed by atoms with Crippen LogP contribution < -0.4 is 0 Å². The third-order valence-electron chi connectivity index (χ3n) is 0.312. The molecule has 0 atom stereocenters. The second-order valence-corrected chi connectivity index (χ2v) is 0.625. The van der Waals surface area contributed by atoms with Gasteiger partial charge in [0.2, 0.25) is 0 Å². The van der Waals surface area contributed by atoms with E-state index < -0.39 is 0 Å². The van der Waals surface area contributed by atoms with E-state index in [1.807, 2.05) is 0 Å². The van der Waals surface area contributed by atoms with Gasteiger partial charge in [-0.3, -0.25) is 0 Å². The fourth-order valence-corrected chi connectivity index (χ4v) is 0.156. The number of rotatable bonds is 0. The molecule has 0 bridgehead atoms. The van der Waals surface area contributed by atoms with Gasteiger partial charge in [-0.25, -0.2) is 12.2 Å². The minimum Gasteiger partial charge on any atom is -0.238 e. The predicted molar refractivity (Wildman–Crippen MR) is 16.2 cm³/mol. The van der Waals surface area contributed by atoms with Crippen LogP contribution in [0.5, 0.6) is 0 Å². The van der Waals surface area contributed by atoms with Crippen molar-refractivity contribution in [1.29, 1.82) is 0 Å². The zero-order chi connectivity index (χ0) is 3.54. The molecule has 0 aromatic carbocycles. The lowest BCUT2D eigenvalue weighted by molar-refractivity contribution is 1.73. The van der Waals surface area contributed by atoms with Crippen molar-refractivity contribution in [2.45, 2.75) is 0 Å². The lowest BCUT2D eigenvalue weighted by Crippen LogP contribution is -1.44. The van der Waals surface area contributed by atoms with Crippen LogP contribution in [-0.4, -0.2) is 0 Å². The molecule has 0 nitrogen and oxygen atoms in total. The Bertz CT molecular complexity index is 58.1. The smallest absolute Gasteiger partial charge is 0.175 e. The first-order chi connectivity index (χ1) is 2.50. The van der Waals surface area contributed by atoms with Gasteiger partial charge in [0.05, 0.1) is 0 Å². The minimum atomic E-state index is 2.50. The minimum absolute atomic E-state index is 2.50. The molecule has 0 saturated heterocycles. The molecule has 0 spiro atoms. The van der Waals surface area contributed by atoms with Crippen molar-refractivity contribution < 1.29 is 0 Å². The SMILES string of the molecule is [C]1=[C][C-][C]=[C]1. The van der Waals surface area contributed by atoms with E-state index in [0.717, 1.165) is 0 Å². The van der Waals surface area contributed by atoms with Gasteiger partial charge in [0, 0.05) is 0 Å². The summed E-state index contributed by atoms with van der Waals surface area (Å²) in [5, 5.41) is 0. The summed E-state index contributed by atoms with van der Waals surface area (Å²) in [6, 6.07) is 0. The summed E-state index contributed by atoms with van der Waals surface area (Å²) in [7, 11) is 0. The molecule has 0 unspecified atom stereocenters. The van der Waals surface area contributed by atoms with Crippen LogP contribution in [0.25, 0.3) is 0 Å². The molecule has 5 radical (unpaired) electrons. The highest BCUT2D eigenvalue weighted by molar-refractivity contribution is 5.02. The van der Waals surface area contributed by atoms with Crippen molar-refractivity contribution in [2.75, 3.05) is 0 Å². The van der Waals surface area contributed by atoms with Crippen LogP contribution in [-0.2, 0) is 0 Å². The Morgan fingerprint density at radius 1 is 1.00 bits per heavy atom. The van der Waals surface area contributed by atoms with E-state index in [1.165, 1.54) is 0 Å². The summed E-state index contributed by atoms with van der Waals surface area (Å²) in [4.78, 5) is 0. The summed E-state index contributed by atoms with van der Waals surface area (Å²) in [6.45, 7) is 0. The second kappa shape index (κ2) is 0.978. The molecule has 0 heteroatoms. The Morgan fingerprint density at radius 3 is 1.80 bits per heavy atom. The molecule has 0 heterocycles. The summed E-state index contributed by atoms with van der Waals surface area (Å²) in [5.74, 6) is 0. The highest BCUT2D eigenvalue weighted by Crippen LogP contribution is 1.86. The average molecular weight is 60.1 g/mol. The summed E-state index contributed by atoms with van der Waals surface area (Å²) in [5.41, 5.74) is 0. The monoisotopic (exact) mass is 60.0 g/mol. The van der Waals surface area contributed by atoms with Crippen LogP contribution in [0.15, 0.2) is 0 Å². The predicted octanol–water partition coefficient (Wildman–Crippen LogP) is 0.406. The topological polar surface area (TPSA) is 0 Å². The number of allylic oxidation sites excluding steroid dienone is 4. The van der Waals surface area contributed by atoms with Crippen LogP contribution >= 0.6 is 0 Å². The first kappa shape index (κ1) is 2.58. The van der Waals surface area contributed by atoms with E-state index >= 15 is 0 Å².